The molecule has 20 heavy (non-hydrogen) atoms. The van der Waals surface area contributed by atoms with Crippen molar-refractivity contribution < 1.29 is 22.4 Å². The summed E-state index contributed by atoms with van der Waals surface area (Å²) in [4.78, 5) is 11.8. The number of nitrogens with one attached hydrogen (secondary N) is 1. The zero-order valence-corrected chi connectivity index (χ0v) is 10.7. The highest BCUT2D eigenvalue weighted by atomic mass is 19.4. The van der Waals surface area contributed by atoms with Gasteiger partial charge in [0, 0.05) is 5.56 Å². The van der Waals surface area contributed by atoms with Crippen molar-refractivity contribution in [2.24, 2.45) is 0 Å². The lowest BCUT2D eigenvalue weighted by Crippen LogP contribution is -2.33. The monoisotopic (exact) mass is 287 g/mol. The summed E-state index contributed by atoms with van der Waals surface area (Å²) in [5, 5.41) is 2.42. The van der Waals surface area contributed by atoms with Crippen LogP contribution >= 0.6 is 0 Å². The third-order valence-electron chi connectivity index (χ3n) is 2.62. The minimum absolute atomic E-state index is 0.282. The lowest BCUT2D eigenvalue weighted by molar-refractivity contribution is -0.140. The van der Waals surface area contributed by atoms with E-state index in [1.165, 1.54) is 0 Å². The molecule has 1 rings (SSSR count). The number of halogens is 4. The van der Waals surface area contributed by atoms with E-state index >= 15 is 0 Å². The van der Waals surface area contributed by atoms with Gasteiger partial charge in [-0.1, -0.05) is 19.3 Å². The Morgan fingerprint density at radius 3 is 2.60 bits per heavy atom. The molecule has 1 unspecified atom stereocenters. The summed E-state index contributed by atoms with van der Waals surface area (Å²) >= 11 is 0. The van der Waals surface area contributed by atoms with Crippen LogP contribution in [0.2, 0.25) is 0 Å². The fourth-order valence-corrected chi connectivity index (χ4v) is 1.61. The zero-order chi connectivity index (χ0) is 15.3. The summed E-state index contributed by atoms with van der Waals surface area (Å²) in [6.45, 7) is 1.86. The van der Waals surface area contributed by atoms with Gasteiger partial charge in [0.15, 0.2) is 0 Å². The molecule has 1 N–H and O–H groups in total. The van der Waals surface area contributed by atoms with Crippen molar-refractivity contribution in [3.63, 3.8) is 0 Å². The maximum atomic E-state index is 13.1. The standard InChI is InChI=1S/C14H13F4NO/c1-3-5-10(4-2)19-13(20)9-6-7-12(15)11(8-9)14(16,17)18/h2,6-8,10H,3,5H2,1H3,(H,19,20). The van der Waals surface area contributed by atoms with E-state index in [2.05, 4.69) is 11.2 Å². The molecule has 1 amide bonds. The average Bonchev–Trinajstić information content (AvgIpc) is 2.37. The van der Waals surface area contributed by atoms with Crippen LogP contribution in [0.1, 0.15) is 35.7 Å². The second-order valence-electron chi connectivity index (χ2n) is 4.17. The molecule has 0 saturated carbocycles. The summed E-state index contributed by atoms with van der Waals surface area (Å²) in [6, 6.07) is 1.51. The van der Waals surface area contributed by atoms with Crippen LogP contribution in [0.5, 0.6) is 0 Å². The Bertz CT molecular complexity index is 531. The Labute approximate surface area is 114 Å². The quantitative estimate of drug-likeness (QED) is 0.667. The van der Waals surface area contributed by atoms with E-state index in [4.69, 9.17) is 6.42 Å². The number of alkyl halides is 3. The number of terminal acetylenes is 1. The van der Waals surface area contributed by atoms with Crippen LogP contribution in [0.25, 0.3) is 0 Å². The Hall–Kier alpha value is -2.03. The van der Waals surface area contributed by atoms with E-state index in [1.807, 2.05) is 6.92 Å². The number of carbonyl (C=O) groups is 1. The van der Waals surface area contributed by atoms with Gasteiger partial charge in [0.1, 0.15) is 5.82 Å². The highest BCUT2D eigenvalue weighted by Gasteiger charge is 2.34. The first-order valence-corrected chi connectivity index (χ1v) is 5.93. The molecule has 0 bridgehead atoms. The molecular formula is C14H13F4NO. The largest absolute Gasteiger partial charge is 0.419 e. The number of rotatable bonds is 4. The van der Waals surface area contributed by atoms with E-state index in [0.29, 0.717) is 25.0 Å². The van der Waals surface area contributed by atoms with Gasteiger partial charge in [0.2, 0.25) is 0 Å². The summed E-state index contributed by atoms with van der Waals surface area (Å²) in [5.41, 5.74) is -1.76. The molecule has 108 valence electrons. The molecule has 1 aromatic rings. The number of carbonyl (C=O) groups excluding carboxylic acids is 1. The van der Waals surface area contributed by atoms with Gasteiger partial charge in [-0.25, -0.2) is 4.39 Å². The van der Waals surface area contributed by atoms with Crippen LogP contribution in [-0.4, -0.2) is 11.9 Å². The number of hydrogen-bond acceptors (Lipinski definition) is 1. The maximum Gasteiger partial charge on any atom is 0.419 e. The first kappa shape index (κ1) is 16.0. The molecule has 0 spiro atoms. The second kappa shape index (κ2) is 6.42. The molecule has 0 aliphatic heterocycles. The van der Waals surface area contributed by atoms with E-state index in [1.54, 1.807) is 0 Å². The van der Waals surface area contributed by atoms with Crippen LogP contribution in [0.15, 0.2) is 18.2 Å². The number of amides is 1. The molecule has 0 fully saturated rings. The predicted octanol–water partition coefficient (Wildman–Crippen LogP) is 3.38. The molecule has 6 heteroatoms. The highest BCUT2D eigenvalue weighted by molar-refractivity contribution is 5.94. The molecule has 0 saturated heterocycles. The van der Waals surface area contributed by atoms with Crippen molar-refractivity contribution in [2.75, 3.05) is 0 Å². The maximum absolute atomic E-state index is 13.1. The molecular weight excluding hydrogens is 274 g/mol. The SMILES string of the molecule is C#CC(CCC)NC(=O)c1ccc(F)c(C(F)(F)F)c1. The molecule has 2 nitrogen and oxygen atoms in total. The fraction of sp³-hybridized carbons (Fsp3) is 0.357. The van der Waals surface area contributed by atoms with Gasteiger partial charge in [-0.15, -0.1) is 6.42 Å². The van der Waals surface area contributed by atoms with E-state index in [-0.39, 0.29) is 5.56 Å². The Kier molecular flexibility index (Phi) is 5.14. The van der Waals surface area contributed by atoms with Gasteiger partial charge in [-0.05, 0) is 24.6 Å². The Morgan fingerprint density at radius 1 is 1.45 bits per heavy atom. The lowest BCUT2D eigenvalue weighted by atomic mass is 10.1. The van der Waals surface area contributed by atoms with Crippen LogP contribution in [-0.2, 0) is 6.18 Å². The second-order valence-corrected chi connectivity index (χ2v) is 4.17. The van der Waals surface area contributed by atoms with Crippen LogP contribution in [0, 0.1) is 18.2 Å². The normalized spacial score (nSPS) is 12.6. The van der Waals surface area contributed by atoms with Crippen molar-refractivity contribution in [1.82, 2.24) is 5.32 Å². The van der Waals surface area contributed by atoms with Gasteiger partial charge in [-0.3, -0.25) is 4.79 Å². The van der Waals surface area contributed by atoms with E-state index in [0.717, 1.165) is 6.07 Å². The van der Waals surface area contributed by atoms with Gasteiger partial charge >= 0.3 is 6.18 Å². The molecule has 1 aromatic carbocycles. The Morgan fingerprint density at radius 2 is 2.10 bits per heavy atom. The lowest BCUT2D eigenvalue weighted by Gasteiger charge is -2.13. The highest BCUT2D eigenvalue weighted by Crippen LogP contribution is 2.31. The van der Waals surface area contributed by atoms with E-state index in [9.17, 15) is 22.4 Å². The molecule has 0 aromatic heterocycles. The van der Waals surface area contributed by atoms with Crippen molar-refractivity contribution >= 4 is 5.91 Å². The van der Waals surface area contributed by atoms with Crippen LogP contribution in [0.4, 0.5) is 17.6 Å². The topological polar surface area (TPSA) is 29.1 Å². The van der Waals surface area contributed by atoms with Gasteiger partial charge in [0.05, 0.1) is 11.6 Å². The van der Waals surface area contributed by atoms with Crippen molar-refractivity contribution in [3.8, 4) is 12.3 Å². The minimum atomic E-state index is -4.85. The summed E-state index contributed by atoms with van der Waals surface area (Å²) in [5.74, 6) is 0.154. The third kappa shape index (κ3) is 3.98. The van der Waals surface area contributed by atoms with Crippen molar-refractivity contribution in [2.45, 2.75) is 32.0 Å². The summed E-state index contributed by atoms with van der Waals surface area (Å²) in [7, 11) is 0. The third-order valence-corrected chi connectivity index (χ3v) is 2.62. The summed E-state index contributed by atoms with van der Waals surface area (Å²) < 4.78 is 50.7. The van der Waals surface area contributed by atoms with Gasteiger partial charge in [-0.2, -0.15) is 13.2 Å². The van der Waals surface area contributed by atoms with Crippen molar-refractivity contribution in [1.29, 1.82) is 0 Å². The van der Waals surface area contributed by atoms with Crippen molar-refractivity contribution in [3.05, 3.63) is 35.1 Å². The van der Waals surface area contributed by atoms with Gasteiger partial charge < -0.3 is 5.32 Å². The number of hydrogen-bond donors (Lipinski definition) is 1. The van der Waals surface area contributed by atoms with Gasteiger partial charge in [0.25, 0.3) is 5.91 Å². The Balaban J connectivity index is 2.98. The first-order chi connectivity index (χ1) is 9.29. The molecule has 0 radical (unpaired) electrons. The van der Waals surface area contributed by atoms with Crippen LogP contribution in [0.3, 0.4) is 0 Å². The zero-order valence-electron chi connectivity index (χ0n) is 10.7. The fourth-order valence-electron chi connectivity index (χ4n) is 1.61. The molecule has 0 aliphatic rings. The molecule has 0 heterocycles. The number of benzene rings is 1. The molecule has 1 atom stereocenters. The van der Waals surface area contributed by atoms with Crippen LogP contribution < -0.4 is 5.32 Å². The average molecular weight is 287 g/mol. The summed E-state index contributed by atoms with van der Waals surface area (Å²) in [6.07, 6.45) is 1.58. The predicted molar refractivity (Wildman–Crippen MR) is 66.4 cm³/mol. The smallest absolute Gasteiger partial charge is 0.338 e. The minimum Gasteiger partial charge on any atom is -0.338 e. The first-order valence-electron chi connectivity index (χ1n) is 5.93. The molecule has 0 aliphatic carbocycles. The van der Waals surface area contributed by atoms with E-state index < -0.39 is 29.5 Å².